The summed E-state index contributed by atoms with van der Waals surface area (Å²) in [4.78, 5) is 31.6. The number of amides is 1. The fourth-order valence-corrected chi connectivity index (χ4v) is 4.82. The van der Waals surface area contributed by atoms with Crippen molar-refractivity contribution in [3.63, 3.8) is 0 Å². The van der Waals surface area contributed by atoms with E-state index in [0.29, 0.717) is 17.6 Å². The van der Waals surface area contributed by atoms with E-state index in [1.807, 2.05) is 49.3 Å². The normalized spacial score (nSPS) is 12.6. The quantitative estimate of drug-likeness (QED) is 0.309. The predicted molar refractivity (Wildman–Crippen MR) is 131 cm³/mol. The molecule has 0 fully saturated rings. The van der Waals surface area contributed by atoms with E-state index in [9.17, 15) is 18.0 Å². The molecular formula is C24H25N5O4S. The maximum atomic E-state index is 13.0. The monoisotopic (exact) mass is 479 g/mol. The predicted octanol–water partition coefficient (Wildman–Crippen LogP) is 2.69. The third kappa shape index (κ3) is 5.03. The Morgan fingerprint density at radius 3 is 2.35 bits per heavy atom. The third-order valence-corrected chi connectivity index (χ3v) is 6.84. The van der Waals surface area contributed by atoms with Crippen LogP contribution in [0.2, 0.25) is 0 Å². The van der Waals surface area contributed by atoms with E-state index in [1.165, 1.54) is 24.3 Å². The zero-order chi connectivity index (χ0) is 24.3. The molecule has 34 heavy (non-hydrogen) atoms. The Morgan fingerprint density at radius 2 is 1.62 bits per heavy atom. The van der Waals surface area contributed by atoms with Crippen LogP contribution in [0.1, 0.15) is 22.0 Å². The number of likely N-dealkylation sites (N-methyl/N-ethyl adjacent to an activating group) is 1. The van der Waals surface area contributed by atoms with Crippen LogP contribution < -0.4 is 15.7 Å². The van der Waals surface area contributed by atoms with Crippen molar-refractivity contribution in [2.75, 3.05) is 25.4 Å². The van der Waals surface area contributed by atoms with Gasteiger partial charge in [0.1, 0.15) is 0 Å². The third-order valence-electron chi connectivity index (χ3n) is 5.48. The number of hydrogen-bond donors (Lipinski definition) is 4. The van der Waals surface area contributed by atoms with E-state index in [0.717, 1.165) is 5.56 Å². The van der Waals surface area contributed by atoms with Crippen LogP contribution in [0.5, 0.6) is 0 Å². The van der Waals surface area contributed by atoms with Gasteiger partial charge in [-0.2, -0.15) is 0 Å². The molecule has 0 aliphatic carbocycles. The Labute approximate surface area is 196 Å². The molecule has 1 aromatic heterocycles. The molecular weight excluding hydrogens is 454 g/mol. The minimum absolute atomic E-state index is 0.0396. The van der Waals surface area contributed by atoms with Gasteiger partial charge in [0.15, 0.2) is 0 Å². The van der Waals surface area contributed by atoms with Crippen molar-refractivity contribution >= 4 is 32.7 Å². The van der Waals surface area contributed by atoms with E-state index in [1.54, 1.807) is 18.2 Å². The molecule has 10 heteroatoms. The first-order valence-electron chi connectivity index (χ1n) is 10.6. The van der Waals surface area contributed by atoms with Crippen molar-refractivity contribution in [2.24, 2.45) is 0 Å². The number of para-hydroxylation sites is 1. The van der Waals surface area contributed by atoms with Gasteiger partial charge in [-0.3, -0.25) is 9.52 Å². The first-order chi connectivity index (χ1) is 16.2. The first-order valence-corrected chi connectivity index (χ1v) is 12.1. The molecule has 0 saturated heterocycles. The molecule has 176 valence electrons. The second kappa shape index (κ2) is 9.54. The van der Waals surface area contributed by atoms with E-state index in [4.69, 9.17) is 0 Å². The average Bonchev–Trinajstić information content (AvgIpc) is 3.19. The second-order valence-electron chi connectivity index (χ2n) is 8.04. The highest BCUT2D eigenvalue weighted by Crippen LogP contribution is 2.23. The van der Waals surface area contributed by atoms with E-state index >= 15 is 0 Å². The first kappa shape index (κ1) is 23.3. The van der Waals surface area contributed by atoms with Gasteiger partial charge in [0.2, 0.25) is 0 Å². The fourth-order valence-electron chi connectivity index (χ4n) is 3.71. The fraction of sp³-hybridized carbons (Fsp3) is 0.167. The minimum Gasteiger partial charge on any atom is -0.350 e. The van der Waals surface area contributed by atoms with Crippen molar-refractivity contribution < 1.29 is 13.2 Å². The number of rotatable bonds is 8. The molecule has 1 amide bonds. The number of benzene rings is 3. The Kier molecular flexibility index (Phi) is 6.53. The molecule has 9 nitrogen and oxygen atoms in total. The molecule has 4 rings (SSSR count). The van der Waals surface area contributed by atoms with Crippen LogP contribution >= 0.6 is 0 Å². The van der Waals surface area contributed by atoms with Crippen molar-refractivity contribution in [3.05, 3.63) is 94.4 Å². The molecule has 0 aliphatic heterocycles. The number of aromatic amines is 2. The van der Waals surface area contributed by atoms with Crippen molar-refractivity contribution in [1.82, 2.24) is 20.2 Å². The number of nitrogens with one attached hydrogen (secondary N) is 4. The summed E-state index contributed by atoms with van der Waals surface area (Å²) in [5.74, 6) is -0.397. The summed E-state index contributed by atoms with van der Waals surface area (Å²) in [5, 5.41) is 2.91. The van der Waals surface area contributed by atoms with Crippen molar-refractivity contribution in [3.8, 4) is 0 Å². The maximum Gasteiger partial charge on any atom is 0.323 e. The standard InChI is InChI=1S/C24H25N5O4S/c1-29(2)22(16-8-4-3-5-9-16)15-25-23(30)18-10-6-7-11-19(18)28-34(32,33)17-12-13-20-21(14-17)27-24(31)26-20/h3-14,22,28H,15H2,1-2H3,(H,25,30)(H2,26,27,31)/t22-/m0/s1. The van der Waals surface area contributed by atoms with Crippen LogP contribution in [-0.2, 0) is 10.0 Å². The lowest BCUT2D eigenvalue weighted by molar-refractivity contribution is 0.0943. The number of carbonyl (C=O) groups excluding carboxylic acids is 1. The summed E-state index contributed by atoms with van der Waals surface area (Å²) >= 11 is 0. The topological polar surface area (TPSA) is 127 Å². The summed E-state index contributed by atoms with van der Waals surface area (Å²) in [6.07, 6.45) is 0. The van der Waals surface area contributed by atoms with Gasteiger partial charge in [0.25, 0.3) is 15.9 Å². The number of fused-ring (bicyclic) bond motifs is 1. The van der Waals surface area contributed by atoms with Gasteiger partial charge in [-0.05, 0) is 50.0 Å². The van der Waals surface area contributed by atoms with Gasteiger partial charge < -0.3 is 20.2 Å². The largest absolute Gasteiger partial charge is 0.350 e. The van der Waals surface area contributed by atoms with E-state index in [2.05, 4.69) is 20.0 Å². The molecule has 0 unspecified atom stereocenters. The summed E-state index contributed by atoms with van der Waals surface area (Å²) in [6.45, 7) is 0.342. The molecule has 0 aliphatic rings. The van der Waals surface area contributed by atoms with Crippen LogP contribution in [-0.4, -0.2) is 49.8 Å². The van der Waals surface area contributed by atoms with E-state index < -0.39 is 21.6 Å². The summed E-state index contributed by atoms with van der Waals surface area (Å²) in [6, 6.07) is 20.4. The zero-order valence-corrected chi connectivity index (χ0v) is 19.5. The number of anilines is 1. The van der Waals surface area contributed by atoms with Crippen LogP contribution in [0.4, 0.5) is 5.69 Å². The molecule has 3 aromatic carbocycles. The highest BCUT2D eigenvalue weighted by atomic mass is 32.2. The SMILES string of the molecule is CN(C)[C@@H](CNC(=O)c1ccccc1NS(=O)(=O)c1ccc2[nH]c(=O)[nH]c2c1)c1ccccc1. The summed E-state index contributed by atoms with van der Waals surface area (Å²) in [7, 11) is -0.151. The van der Waals surface area contributed by atoms with Crippen LogP contribution in [0.15, 0.2) is 82.5 Å². The molecule has 1 heterocycles. The van der Waals surface area contributed by atoms with Gasteiger partial charge in [-0.1, -0.05) is 42.5 Å². The molecule has 0 bridgehead atoms. The maximum absolute atomic E-state index is 13.0. The number of H-pyrrole nitrogens is 2. The van der Waals surface area contributed by atoms with Crippen LogP contribution in [0.25, 0.3) is 11.0 Å². The Hall–Kier alpha value is -3.89. The lowest BCUT2D eigenvalue weighted by Crippen LogP contribution is -2.35. The molecule has 4 N–H and O–H groups in total. The van der Waals surface area contributed by atoms with Gasteiger partial charge in [0, 0.05) is 6.54 Å². The second-order valence-corrected chi connectivity index (χ2v) is 9.72. The Bertz CT molecular complexity index is 1480. The lowest BCUT2D eigenvalue weighted by atomic mass is 10.1. The van der Waals surface area contributed by atoms with Crippen LogP contribution in [0.3, 0.4) is 0 Å². The molecule has 0 saturated carbocycles. The summed E-state index contributed by atoms with van der Waals surface area (Å²) < 4.78 is 28.5. The molecule has 1 atom stereocenters. The van der Waals surface area contributed by atoms with Crippen molar-refractivity contribution in [1.29, 1.82) is 0 Å². The number of nitrogens with zero attached hydrogens (tertiary/aromatic N) is 1. The minimum atomic E-state index is -4.01. The van der Waals surface area contributed by atoms with Gasteiger partial charge in [-0.25, -0.2) is 13.2 Å². The van der Waals surface area contributed by atoms with Crippen LogP contribution in [0, 0.1) is 0 Å². The van der Waals surface area contributed by atoms with Gasteiger partial charge >= 0.3 is 5.69 Å². The smallest absolute Gasteiger partial charge is 0.323 e. The number of aromatic nitrogens is 2. The highest BCUT2D eigenvalue weighted by molar-refractivity contribution is 7.92. The average molecular weight is 480 g/mol. The highest BCUT2D eigenvalue weighted by Gasteiger charge is 2.21. The molecule has 0 radical (unpaired) electrons. The number of sulfonamides is 1. The van der Waals surface area contributed by atoms with Crippen molar-refractivity contribution in [2.45, 2.75) is 10.9 Å². The molecule has 4 aromatic rings. The van der Waals surface area contributed by atoms with Gasteiger partial charge in [-0.15, -0.1) is 0 Å². The number of hydrogen-bond acceptors (Lipinski definition) is 5. The summed E-state index contributed by atoms with van der Waals surface area (Å²) in [5.41, 5.74) is 1.86. The van der Waals surface area contributed by atoms with E-state index in [-0.39, 0.29) is 22.2 Å². The van der Waals surface area contributed by atoms with Gasteiger partial charge in [0.05, 0.1) is 33.2 Å². The Balaban J connectivity index is 1.54. The zero-order valence-electron chi connectivity index (χ0n) is 18.7. The number of imidazole rings is 1. The molecule has 0 spiro atoms. The Morgan fingerprint density at radius 1 is 0.941 bits per heavy atom. The number of carbonyl (C=O) groups is 1. The lowest BCUT2D eigenvalue weighted by Gasteiger charge is -2.25.